The number of hydrogen-bond donors (Lipinski definition) is 1. The molecule has 11 heavy (non-hydrogen) atoms. The highest BCUT2D eigenvalue weighted by molar-refractivity contribution is 7.80. The summed E-state index contributed by atoms with van der Waals surface area (Å²) < 4.78 is 0. The molecule has 0 unspecified atom stereocenters. The van der Waals surface area contributed by atoms with Crippen molar-refractivity contribution in [3.8, 4) is 0 Å². The minimum absolute atomic E-state index is 0.580. The summed E-state index contributed by atoms with van der Waals surface area (Å²) >= 11 is 4.33. The number of allylic oxidation sites excluding steroid dienone is 2. The molecule has 0 aliphatic carbocycles. The quantitative estimate of drug-likeness (QED) is 0.351. The highest BCUT2D eigenvalue weighted by atomic mass is 32.1. The van der Waals surface area contributed by atoms with Crippen molar-refractivity contribution in [1.29, 1.82) is 0 Å². The Bertz CT molecular complexity index is 95.0. The average Bonchev–Trinajstić information content (AvgIpc) is 1.96. The number of rotatable bonds is 6. The fraction of sp³-hybridized carbons (Fsp3) is 0.800. The highest BCUT2D eigenvalue weighted by Gasteiger charge is 1.93. The Balaban J connectivity index is 2.91. The van der Waals surface area contributed by atoms with Gasteiger partial charge in [-0.05, 0) is 31.4 Å². The van der Waals surface area contributed by atoms with Crippen molar-refractivity contribution in [2.75, 3.05) is 0 Å². The fourth-order valence-electron chi connectivity index (χ4n) is 1.05. The van der Waals surface area contributed by atoms with Crippen molar-refractivity contribution in [1.82, 2.24) is 0 Å². The molecule has 0 saturated carbocycles. The Morgan fingerprint density at radius 2 is 2.00 bits per heavy atom. The maximum atomic E-state index is 4.33. The van der Waals surface area contributed by atoms with Crippen molar-refractivity contribution >= 4 is 12.6 Å². The Labute approximate surface area is 76.5 Å². The first kappa shape index (κ1) is 11.1. The second kappa shape index (κ2) is 8.19. The van der Waals surface area contributed by atoms with E-state index >= 15 is 0 Å². The van der Waals surface area contributed by atoms with Gasteiger partial charge >= 0.3 is 0 Å². The maximum Gasteiger partial charge on any atom is -0.00116 e. The molecule has 0 aromatic carbocycles. The molecule has 1 atom stereocenters. The molecule has 0 spiro atoms. The summed E-state index contributed by atoms with van der Waals surface area (Å²) in [5.74, 6) is 0. The van der Waals surface area contributed by atoms with Crippen molar-refractivity contribution in [3.05, 3.63) is 12.2 Å². The first-order valence-corrected chi connectivity index (χ1v) is 5.08. The molecule has 0 N–H and O–H groups in total. The molecule has 0 aromatic rings. The molecule has 0 saturated heterocycles. The normalized spacial score (nSPS) is 14.1. The lowest BCUT2D eigenvalue weighted by Gasteiger charge is -2.01. The standard InChI is InChI=1S/C10H20S/c1-3-4-5-6-7-8-9-10(2)11/h3-4,10-11H,5-9H2,1-2H3/t10-/m0/s1. The first-order chi connectivity index (χ1) is 5.27. The molecule has 0 rings (SSSR count). The summed E-state index contributed by atoms with van der Waals surface area (Å²) in [4.78, 5) is 0. The van der Waals surface area contributed by atoms with E-state index in [-0.39, 0.29) is 0 Å². The topological polar surface area (TPSA) is 0 Å². The molecule has 0 amide bonds. The van der Waals surface area contributed by atoms with Gasteiger partial charge < -0.3 is 0 Å². The van der Waals surface area contributed by atoms with E-state index in [0.717, 1.165) is 0 Å². The zero-order chi connectivity index (χ0) is 8.53. The molecule has 0 radical (unpaired) electrons. The zero-order valence-electron chi connectivity index (χ0n) is 7.71. The molecule has 0 aliphatic rings. The van der Waals surface area contributed by atoms with Gasteiger partial charge in [-0.25, -0.2) is 0 Å². The maximum absolute atomic E-state index is 4.33. The van der Waals surface area contributed by atoms with Crippen LogP contribution < -0.4 is 0 Å². The Morgan fingerprint density at radius 1 is 1.27 bits per heavy atom. The molecular weight excluding hydrogens is 152 g/mol. The van der Waals surface area contributed by atoms with Gasteiger partial charge in [-0.15, -0.1) is 0 Å². The molecule has 0 heterocycles. The van der Waals surface area contributed by atoms with Crippen LogP contribution in [0.3, 0.4) is 0 Å². The van der Waals surface area contributed by atoms with Crippen LogP contribution in [0.15, 0.2) is 12.2 Å². The fourth-order valence-corrected chi connectivity index (χ4v) is 1.23. The molecule has 1 heteroatoms. The zero-order valence-corrected chi connectivity index (χ0v) is 8.61. The second-order valence-electron chi connectivity index (χ2n) is 3.06. The lowest BCUT2D eigenvalue weighted by molar-refractivity contribution is 0.645. The summed E-state index contributed by atoms with van der Waals surface area (Å²) in [5, 5.41) is 0.580. The first-order valence-electron chi connectivity index (χ1n) is 4.56. The van der Waals surface area contributed by atoms with Crippen LogP contribution in [-0.4, -0.2) is 5.25 Å². The van der Waals surface area contributed by atoms with Gasteiger partial charge in [-0.2, -0.15) is 12.6 Å². The summed E-state index contributed by atoms with van der Waals surface area (Å²) in [6, 6.07) is 0. The van der Waals surface area contributed by atoms with Crippen molar-refractivity contribution in [3.63, 3.8) is 0 Å². The van der Waals surface area contributed by atoms with Gasteiger partial charge in [0.2, 0.25) is 0 Å². The van der Waals surface area contributed by atoms with Crippen molar-refractivity contribution < 1.29 is 0 Å². The summed E-state index contributed by atoms with van der Waals surface area (Å²) in [6.07, 6.45) is 10.9. The molecule has 0 bridgehead atoms. The SMILES string of the molecule is CC=CCCCCC[C@H](C)S. The smallest absolute Gasteiger partial charge is 0.00116 e. The summed E-state index contributed by atoms with van der Waals surface area (Å²) in [5.41, 5.74) is 0. The van der Waals surface area contributed by atoms with Gasteiger partial charge in [0.05, 0.1) is 0 Å². The molecule has 0 aromatic heterocycles. The summed E-state index contributed by atoms with van der Waals surface area (Å²) in [7, 11) is 0. The van der Waals surface area contributed by atoms with Gasteiger partial charge in [0.15, 0.2) is 0 Å². The lowest BCUT2D eigenvalue weighted by Crippen LogP contribution is -1.89. The van der Waals surface area contributed by atoms with Crippen LogP contribution in [0.5, 0.6) is 0 Å². The highest BCUT2D eigenvalue weighted by Crippen LogP contribution is 2.08. The van der Waals surface area contributed by atoms with Crippen molar-refractivity contribution in [2.45, 2.75) is 51.2 Å². The minimum atomic E-state index is 0.580. The van der Waals surface area contributed by atoms with Crippen LogP contribution in [0.2, 0.25) is 0 Å². The third kappa shape index (κ3) is 10.1. The number of hydrogen-bond acceptors (Lipinski definition) is 1. The molecule has 0 fully saturated rings. The molecule has 0 nitrogen and oxygen atoms in total. The van der Waals surface area contributed by atoms with Crippen LogP contribution in [0.25, 0.3) is 0 Å². The van der Waals surface area contributed by atoms with Crippen LogP contribution >= 0.6 is 12.6 Å². The summed E-state index contributed by atoms with van der Waals surface area (Å²) in [6.45, 7) is 4.24. The monoisotopic (exact) mass is 172 g/mol. The van der Waals surface area contributed by atoms with Crippen molar-refractivity contribution in [2.24, 2.45) is 0 Å². The minimum Gasteiger partial charge on any atom is -0.176 e. The molecule has 66 valence electrons. The average molecular weight is 172 g/mol. The van der Waals surface area contributed by atoms with E-state index in [1.165, 1.54) is 32.1 Å². The van der Waals surface area contributed by atoms with E-state index in [4.69, 9.17) is 0 Å². The van der Waals surface area contributed by atoms with Crippen LogP contribution in [0.4, 0.5) is 0 Å². The van der Waals surface area contributed by atoms with Gasteiger partial charge in [0, 0.05) is 0 Å². The predicted octanol–water partition coefficient (Wildman–Crippen LogP) is 3.83. The Morgan fingerprint density at radius 3 is 2.55 bits per heavy atom. The van der Waals surface area contributed by atoms with Crippen LogP contribution in [0.1, 0.15) is 46.0 Å². The predicted molar refractivity (Wildman–Crippen MR) is 56.3 cm³/mol. The van der Waals surface area contributed by atoms with E-state index in [0.29, 0.717) is 5.25 Å². The van der Waals surface area contributed by atoms with Gasteiger partial charge in [0.1, 0.15) is 0 Å². The van der Waals surface area contributed by atoms with Gasteiger partial charge in [-0.1, -0.05) is 31.9 Å². The number of thiol groups is 1. The van der Waals surface area contributed by atoms with Gasteiger partial charge in [0.25, 0.3) is 0 Å². The third-order valence-corrected chi connectivity index (χ3v) is 1.99. The molecular formula is C10H20S. The van der Waals surface area contributed by atoms with Crippen LogP contribution in [-0.2, 0) is 0 Å². The second-order valence-corrected chi connectivity index (χ2v) is 3.94. The number of unbranched alkanes of at least 4 members (excludes halogenated alkanes) is 3. The molecule has 0 aliphatic heterocycles. The lowest BCUT2D eigenvalue weighted by atomic mass is 10.1. The Kier molecular flexibility index (Phi) is 8.26. The third-order valence-electron chi connectivity index (χ3n) is 1.73. The van der Waals surface area contributed by atoms with E-state index in [2.05, 4.69) is 38.6 Å². The Hall–Kier alpha value is 0.0900. The van der Waals surface area contributed by atoms with E-state index in [9.17, 15) is 0 Å². The van der Waals surface area contributed by atoms with Crippen LogP contribution in [0, 0.1) is 0 Å². The van der Waals surface area contributed by atoms with E-state index in [1.807, 2.05) is 0 Å². The van der Waals surface area contributed by atoms with E-state index in [1.54, 1.807) is 0 Å². The largest absolute Gasteiger partial charge is 0.176 e. The van der Waals surface area contributed by atoms with E-state index < -0.39 is 0 Å². The van der Waals surface area contributed by atoms with Gasteiger partial charge in [-0.3, -0.25) is 0 Å².